The Morgan fingerprint density at radius 2 is 2.19 bits per heavy atom. The fourth-order valence-corrected chi connectivity index (χ4v) is 3.50. The smallest absolute Gasteiger partial charge is 0.146 e. The van der Waals surface area contributed by atoms with Crippen molar-refractivity contribution >= 4 is 27.6 Å². The van der Waals surface area contributed by atoms with E-state index in [4.69, 9.17) is 4.98 Å². The third kappa shape index (κ3) is 1.93. The first kappa shape index (κ1) is 12.8. The van der Waals surface area contributed by atoms with Crippen LogP contribution in [0, 0.1) is 12.7 Å². The second-order valence-corrected chi connectivity index (χ2v) is 6.17. The van der Waals surface area contributed by atoms with Crippen LogP contribution in [-0.4, -0.2) is 21.0 Å². The molecular formula is C15H15FN4S. The summed E-state index contributed by atoms with van der Waals surface area (Å²) >= 11 is 1.44. The number of nitrogens with one attached hydrogen (secondary N) is 1. The normalized spacial score (nSPS) is 14.8. The van der Waals surface area contributed by atoms with Gasteiger partial charge in [0.15, 0.2) is 0 Å². The zero-order valence-electron chi connectivity index (χ0n) is 11.9. The SMILES string of the molecule is CNc1snc(C)c1-c1nc2cc(F)ccc2n1C1CC1. The van der Waals surface area contributed by atoms with Gasteiger partial charge in [-0.2, -0.15) is 4.37 Å². The summed E-state index contributed by atoms with van der Waals surface area (Å²) in [6.45, 7) is 1.99. The Morgan fingerprint density at radius 1 is 1.38 bits per heavy atom. The molecule has 1 aliphatic rings. The molecule has 108 valence electrons. The molecule has 4 nitrogen and oxygen atoms in total. The maximum Gasteiger partial charge on any atom is 0.146 e. The number of imidazole rings is 1. The largest absolute Gasteiger partial charge is 0.378 e. The monoisotopic (exact) mass is 302 g/mol. The van der Waals surface area contributed by atoms with Crippen molar-refractivity contribution in [2.24, 2.45) is 0 Å². The van der Waals surface area contributed by atoms with Gasteiger partial charge in [-0.25, -0.2) is 9.37 Å². The van der Waals surface area contributed by atoms with Crippen LogP contribution in [0.2, 0.25) is 0 Å². The zero-order chi connectivity index (χ0) is 14.6. The first-order chi connectivity index (χ1) is 10.2. The summed E-state index contributed by atoms with van der Waals surface area (Å²) in [7, 11) is 1.89. The molecule has 2 heterocycles. The molecule has 0 atom stereocenters. The molecule has 0 bridgehead atoms. The van der Waals surface area contributed by atoms with Gasteiger partial charge in [-0.15, -0.1) is 0 Å². The van der Waals surface area contributed by atoms with Gasteiger partial charge >= 0.3 is 0 Å². The summed E-state index contributed by atoms with van der Waals surface area (Å²) in [5.74, 6) is 0.650. The number of benzene rings is 1. The van der Waals surface area contributed by atoms with E-state index in [1.807, 2.05) is 20.0 Å². The van der Waals surface area contributed by atoms with E-state index < -0.39 is 0 Å². The molecule has 0 amide bonds. The van der Waals surface area contributed by atoms with Gasteiger partial charge in [-0.1, -0.05) is 0 Å². The Kier molecular flexibility index (Phi) is 2.75. The molecule has 6 heteroatoms. The zero-order valence-corrected chi connectivity index (χ0v) is 12.7. The molecular weight excluding hydrogens is 287 g/mol. The highest BCUT2D eigenvalue weighted by Crippen LogP contribution is 2.44. The predicted molar refractivity (Wildman–Crippen MR) is 83.4 cm³/mol. The molecule has 1 saturated carbocycles. The van der Waals surface area contributed by atoms with Gasteiger partial charge < -0.3 is 9.88 Å². The number of hydrogen-bond acceptors (Lipinski definition) is 4. The van der Waals surface area contributed by atoms with Crippen molar-refractivity contribution in [3.63, 3.8) is 0 Å². The second-order valence-electron chi connectivity index (χ2n) is 5.39. The number of anilines is 1. The van der Waals surface area contributed by atoms with Gasteiger partial charge in [0.05, 0.1) is 22.3 Å². The van der Waals surface area contributed by atoms with E-state index in [1.54, 1.807) is 0 Å². The van der Waals surface area contributed by atoms with Crippen LogP contribution in [0.4, 0.5) is 9.39 Å². The lowest BCUT2D eigenvalue weighted by Crippen LogP contribution is -1.99. The van der Waals surface area contributed by atoms with E-state index in [2.05, 4.69) is 14.3 Å². The van der Waals surface area contributed by atoms with Crippen LogP contribution >= 0.6 is 11.5 Å². The van der Waals surface area contributed by atoms with Gasteiger partial charge in [-0.3, -0.25) is 0 Å². The molecule has 2 aromatic heterocycles. The number of rotatable bonds is 3. The Labute approximate surface area is 125 Å². The average molecular weight is 302 g/mol. The topological polar surface area (TPSA) is 42.7 Å². The lowest BCUT2D eigenvalue weighted by molar-refractivity contribution is 0.629. The molecule has 1 aliphatic carbocycles. The quantitative estimate of drug-likeness (QED) is 0.795. The summed E-state index contributed by atoms with van der Waals surface area (Å²) < 4.78 is 20.2. The van der Waals surface area contributed by atoms with E-state index in [9.17, 15) is 4.39 Å². The van der Waals surface area contributed by atoms with Crippen molar-refractivity contribution in [2.45, 2.75) is 25.8 Å². The van der Waals surface area contributed by atoms with Gasteiger partial charge in [0, 0.05) is 19.2 Å². The number of aromatic nitrogens is 3. The predicted octanol–water partition coefficient (Wildman–Crippen LogP) is 3.98. The Hall–Kier alpha value is -1.95. The van der Waals surface area contributed by atoms with Crippen LogP contribution in [0.3, 0.4) is 0 Å². The maximum atomic E-state index is 13.5. The highest BCUT2D eigenvalue weighted by Gasteiger charge is 2.30. The van der Waals surface area contributed by atoms with Gasteiger partial charge in [-0.05, 0) is 43.4 Å². The fraction of sp³-hybridized carbons (Fsp3) is 0.333. The molecule has 0 aliphatic heterocycles. The summed E-state index contributed by atoms with van der Waals surface area (Å²) in [5.41, 5.74) is 3.71. The molecule has 0 unspecified atom stereocenters. The van der Waals surface area contributed by atoms with Gasteiger partial charge in [0.1, 0.15) is 16.6 Å². The molecule has 0 saturated heterocycles. The summed E-state index contributed by atoms with van der Waals surface area (Å²) in [6.07, 6.45) is 2.31. The molecule has 0 radical (unpaired) electrons. The Bertz CT molecular complexity index is 832. The number of aryl methyl sites for hydroxylation is 1. The summed E-state index contributed by atoms with van der Waals surface area (Å²) in [5, 5.41) is 4.19. The van der Waals surface area contributed by atoms with Crippen LogP contribution in [0.25, 0.3) is 22.4 Å². The van der Waals surface area contributed by atoms with Crippen LogP contribution in [-0.2, 0) is 0 Å². The number of hydrogen-bond donors (Lipinski definition) is 1. The molecule has 1 fully saturated rings. The minimum Gasteiger partial charge on any atom is -0.378 e. The molecule has 1 aromatic carbocycles. The Balaban J connectivity index is 2.03. The van der Waals surface area contributed by atoms with Crippen molar-refractivity contribution in [1.29, 1.82) is 0 Å². The fourth-order valence-electron chi connectivity index (χ4n) is 2.75. The molecule has 1 N–H and O–H groups in total. The van der Waals surface area contributed by atoms with E-state index in [-0.39, 0.29) is 5.82 Å². The molecule has 4 rings (SSSR count). The number of nitrogens with zero attached hydrogens (tertiary/aromatic N) is 3. The molecule has 3 aromatic rings. The second kappa shape index (κ2) is 4.53. The van der Waals surface area contributed by atoms with Crippen LogP contribution in [0.5, 0.6) is 0 Å². The molecule has 21 heavy (non-hydrogen) atoms. The first-order valence-corrected chi connectivity index (χ1v) is 7.78. The van der Waals surface area contributed by atoms with Crippen molar-refractivity contribution in [3.8, 4) is 11.4 Å². The standard InChI is InChI=1S/C15H15FN4S/c1-8-13(15(17-2)21-19-8)14-18-11-7-9(16)3-6-12(11)20(14)10-4-5-10/h3,6-7,10,17H,4-5H2,1-2H3. The lowest BCUT2D eigenvalue weighted by atomic mass is 10.2. The summed E-state index contributed by atoms with van der Waals surface area (Å²) in [4.78, 5) is 4.70. The van der Waals surface area contributed by atoms with Gasteiger partial charge in [0.2, 0.25) is 0 Å². The van der Waals surface area contributed by atoms with Gasteiger partial charge in [0.25, 0.3) is 0 Å². The van der Waals surface area contributed by atoms with E-state index in [1.165, 1.54) is 23.7 Å². The highest BCUT2D eigenvalue weighted by molar-refractivity contribution is 7.10. The third-order valence-electron chi connectivity index (χ3n) is 3.88. The van der Waals surface area contributed by atoms with Crippen LogP contribution in [0.1, 0.15) is 24.6 Å². The third-order valence-corrected chi connectivity index (χ3v) is 4.83. The number of halogens is 1. The van der Waals surface area contributed by atoms with E-state index in [0.29, 0.717) is 11.6 Å². The summed E-state index contributed by atoms with van der Waals surface area (Å²) in [6, 6.07) is 5.31. The van der Waals surface area contributed by atoms with Crippen LogP contribution in [0.15, 0.2) is 18.2 Å². The maximum absolute atomic E-state index is 13.5. The minimum absolute atomic E-state index is 0.247. The molecule has 0 spiro atoms. The Morgan fingerprint density at radius 3 is 2.90 bits per heavy atom. The van der Waals surface area contributed by atoms with Crippen molar-refractivity contribution in [3.05, 3.63) is 29.7 Å². The van der Waals surface area contributed by atoms with E-state index >= 15 is 0 Å². The van der Waals surface area contributed by atoms with E-state index in [0.717, 1.165) is 40.4 Å². The highest BCUT2D eigenvalue weighted by atomic mass is 32.1. The average Bonchev–Trinajstić information content (AvgIpc) is 3.14. The first-order valence-electron chi connectivity index (χ1n) is 7.01. The lowest BCUT2D eigenvalue weighted by Gasteiger charge is -2.08. The van der Waals surface area contributed by atoms with Crippen molar-refractivity contribution < 1.29 is 4.39 Å². The van der Waals surface area contributed by atoms with Crippen molar-refractivity contribution in [2.75, 3.05) is 12.4 Å². The minimum atomic E-state index is -0.247. The van der Waals surface area contributed by atoms with Crippen LogP contribution < -0.4 is 5.32 Å². The number of fused-ring (bicyclic) bond motifs is 1. The van der Waals surface area contributed by atoms with Crippen molar-refractivity contribution in [1.82, 2.24) is 13.9 Å².